The van der Waals surface area contributed by atoms with Crippen LogP contribution in [0.2, 0.25) is 0 Å². The molecule has 0 aliphatic carbocycles. The number of carbonyl (C=O) groups is 1. The number of anilines is 1. The van der Waals surface area contributed by atoms with Gasteiger partial charge in [0.05, 0.1) is 24.7 Å². The average Bonchev–Trinajstić information content (AvgIpc) is 3.20. The third-order valence-electron chi connectivity index (χ3n) is 7.96. The van der Waals surface area contributed by atoms with Gasteiger partial charge in [-0.1, -0.05) is 38.1 Å². The molecular weight excluding hydrogens is 525 g/mol. The van der Waals surface area contributed by atoms with Gasteiger partial charge in [0.15, 0.2) is 5.71 Å². The molecule has 0 radical (unpaired) electrons. The van der Waals surface area contributed by atoms with Crippen LogP contribution < -0.4 is 10.2 Å². The highest BCUT2D eigenvalue weighted by Gasteiger charge is 2.43. The maximum absolute atomic E-state index is 13.1. The standard InChI is InChI=1S/C31H40N3O5P/c1-30(2)23-12-9-10-13-25(23)33(5)27(30)14-11-15-28-31(3,4)24-18-21(16-17-26(24)34(28)6)29(35)32-22(19-38-7)20-39-40(8,36)37/h9-18,22H,19-20H2,1-8H3,(H-,32,35,36,37)/p+1/t22-/m0/s1. The first-order valence-electron chi connectivity index (χ1n) is 13.4. The van der Waals surface area contributed by atoms with E-state index in [1.165, 1.54) is 24.1 Å². The second-order valence-electron chi connectivity index (χ2n) is 11.6. The molecule has 1 amide bonds. The number of hydrogen-bond acceptors (Lipinski definition) is 5. The Morgan fingerprint density at radius 2 is 1.82 bits per heavy atom. The van der Waals surface area contributed by atoms with Crippen molar-refractivity contribution in [3.05, 3.63) is 83.1 Å². The summed E-state index contributed by atoms with van der Waals surface area (Å²) in [5.74, 6) is -0.296. The molecule has 40 heavy (non-hydrogen) atoms. The summed E-state index contributed by atoms with van der Waals surface area (Å²) < 4.78 is 24.0. The molecule has 0 aromatic heterocycles. The first kappa shape index (κ1) is 29.9. The van der Waals surface area contributed by atoms with E-state index < -0.39 is 13.6 Å². The molecule has 2 heterocycles. The Labute approximate surface area is 237 Å². The summed E-state index contributed by atoms with van der Waals surface area (Å²) in [4.78, 5) is 24.8. The minimum absolute atomic E-state index is 0.0976. The van der Waals surface area contributed by atoms with Crippen LogP contribution in [0.5, 0.6) is 0 Å². The molecule has 4 rings (SSSR count). The molecule has 1 unspecified atom stereocenters. The predicted molar refractivity (Wildman–Crippen MR) is 160 cm³/mol. The van der Waals surface area contributed by atoms with Gasteiger partial charge in [0, 0.05) is 60.9 Å². The van der Waals surface area contributed by atoms with E-state index in [2.05, 4.69) is 92.0 Å². The first-order chi connectivity index (χ1) is 18.7. The molecule has 0 bridgehead atoms. The Hall–Kier alpha value is -3.03. The van der Waals surface area contributed by atoms with Gasteiger partial charge in [-0.25, -0.2) is 0 Å². The van der Waals surface area contributed by atoms with E-state index >= 15 is 0 Å². The Morgan fingerprint density at radius 1 is 1.12 bits per heavy atom. The zero-order valence-electron chi connectivity index (χ0n) is 24.7. The summed E-state index contributed by atoms with van der Waals surface area (Å²) in [5, 5.41) is 2.86. The number of hydrogen-bond donors (Lipinski definition) is 2. The van der Waals surface area contributed by atoms with E-state index in [-0.39, 0.29) is 30.0 Å². The van der Waals surface area contributed by atoms with Crippen molar-refractivity contribution in [1.82, 2.24) is 5.32 Å². The molecule has 0 saturated heterocycles. The molecule has 0 saturated carbocycles. The lowest BCUT2D eigenvalue weighted by Crippen LogP contribution is -2.41. The van der Waals surface area contributed by atoms with E-state index in [1.54, 1.807) is 6.07 Å². The van der Waals surface area contributed by atoms with Gasteiger partial charge in [0.25, 0.3) is 5.91 Å². The second-order valence-corrected chi connectivity index (χ2v) is 13.5. The monoisotopic (exact) mass is 566 g/mol. The van der Waals surface area contributed by atoms with E-state index in [1.807, 2.05) is 19.2 Å². The van der Waals surface area contributed by atoms with Gasteiger partial charge in [-0.3, -0.25) is 9.36 Å². The molecule has 2 aliphatic rings. The van der Waals surface area contributed by atoms with E-state index in [0.29, 0.717) is 5.56 Å². The van der Waals surface area contributed by atoms with Crippen molar-refractivity contribution in [2.75, 3.05) is 46.0 Å². The van der Waals surface area contributed by atoms with Gasteiger partial charge >= 0.3 is 7.60 Å². The molecule has 2 aliphatic heterocycles. The topological polar surface area (TPSA) is 91.1 Å². The fourth-order valence-corrected chi connectivity index (χ4v) is 6.30. The Bertz CT molecular complexity index is 1450. The molecule has 9 heteroatoms. The van der Waals surface area contributed by atoms with Crippen molar-refractivity contribution >= 4 is 30.6 Å². The normalized spacial score (nSPS) is 20.5. The van der Waals surface area contributed by atoms with Gasteiger partial charge in [0.1, 0.15) is 7.05 Å². The smallest absolute Gasteiger partial charge is 0.325 e. The van der Waals surface area contributed by atoms with Crippen molar-refractivity contribution in [1.29, 1.82) is 0 Å². The molecule has 2 N–H and O–H groups in total. The fraction of sp³-hybridized carbons (Fsp3) is 0.419. The van der Waals surface area contributed by atoms with Crippen LogP contribution in [0.1, 0.15) is 49.2 Å². The number of ether oxygens (including phenoxy) is 1. The summed E-state index contributed by atoms with van der Waals surface area (Å²) >= 11 is 0. The number of nitrogens with zero attached hydrogens (tertiary/aromatic N) is 2. The number of carbonyl (C=O) groups excluding carboxylic acids is 1. The third-order valence-corrected chi connectivity index (χ3v) is 8.59. The Balaban J connectivity index is 1.56. The lowest BCUT2D eigenvalue weighted by atomic mass is 9.81. The highest BCUT2D eigenvalue weighted by atomic mass is 31.2. The SMILES string of the molecule is COC[C@@H](COP(C)(=O)O)NC(=O)c1ccc2c(c1)C(C)(C)C(=CC=CC1=[N+](C)c3ccccc3C1(C)C)N2C. The quantitative estimate of drug-likeness (QED) is 0.323. The minimum atomic E-state index is -3.67. The molecule has 214 valence electrons. The number of likely N-dealkylation sites (N-methyl/N-ethyl adjacent to an activating group) is 1. The number of amides is 1. The molecule has 2 atom stereocenters. The highest BCUT2D eigenvalue weighted by Crippen LogP contribution is 2.47. The van der Waals surface area contributed by atoms with Gasteiger partial charge in [-0.05, 0) is 43.7 Å². The van der Waals surface area contributed by atoms with Crippen LogP contribution in [-0.2, 0) is 24.7 Å². The summed E-state index contributed by atoms with van der Waals surface area (Å²) in [6, 6.07) is 13.6. The van der Waals surface area contributed by atoms with Gasteiger partial charge in [0.2, 0.25) is 5.69 Å². The van der Waals surface area contributed by atoms with Gasteiger partial charge in [-0.2, -0.15) is 4.58 Å². The average molecular weight is 567 g/mol. The van der Waals surface area contributed by atoms with Crippen LogP contribution in [0.25, 0.3) is 0 Å². The fourth-order valence-electron chi connectivity index (χ4n) is 5.84. The Morgan fingerprint density at radius 3 is 2.48 bits per heavy atom. The Kier molecular flexibility index (Phi) is 8.30. The zero-order valence-corrected chi connectivity index (χ0v) is 25.6. The summed E-state index contributed by atoms with van der Waals surface area (Å²) in [6.45, 7) is 9.97. The van der Waals surface area contributed by atoms with Crippen molar-refractivity contribution in [3.8, 4) is 0 Å². The highest BCUT2D eigenvalue weighted by molar-refractivity contribution is 7.51. The predicted octanol–water partition coefficient (Wildman–Crippen LogP) is 5.14. The van der Waals surface area contributed by atoms with Crippen LogP contribution in [0.4, 0.5) is 11.4 Å². The molecule has 0 spiro atoms. The number of methoxy groups -OCH3 is 1. The van der Waals surface area contributed by atoms with Crippen molar-refractivity contribution in [3.63, 3.8) is 0 Å². The van der Waals surface area contributed by atoms with Crippen molar-refractivity contribution < 1.29 is 28.1 Å². The summed E-state index contributed by atoms with van der Waals surface area (Å²) in [5.41, 5.74) is 7.07. The molecule has 8 nitrogen and oxygen atoms in total. The first-order valence-corrected chi connectivity index (χ1v) is 15.4. The molecule has 2 aromatic rings. The molecule has 2 aromatic carbocycles. The summed E-state index contributed by atoms with van der Waals surface area (Å²) in [6.07, 6.45) is 6.47. The number of rotatable bonds is 9. The van der Waals surface area contributed by atoms with Crippen LogP contribution in [0, 0.1) is 0 Å². The van der Waals surface area contributed by atoms with E-state index in [4.69, 9.17) is 9.26 Å². The maximum atomic E-state index is 13.1. The number of fused-ring (bicyclic) bond motifs is 2. The van der Waals surface area contributed by atoms with Crippen LogP contribution in [0.3, 0.4) is 0 Å². The number of nitrogens with one attached hydrogen (secondary N) is 1. The largest absolute Gasteiger partial charge is 0.382 e. The van der Waals surface area contributed by atoms with Gasteiger partial charge in [-0.15, -0.1) is 0 Å². The number of para-hydroxylation sites is 1. The van der Waals surface area contributed by atoms with Crippen LogP contribution in [-0.4, -0.2) is 68.2 Å². The van der Waals surface area contributed by atoms with Crippen LogP contribution in [0.15, 0.2) is 66.4 Å². The third kappa shape index (κ3) is 5.72. The van der Waals surface area contributed by atoms with Crippen molar-refractivity contribution in [2.45, 2.75) is 44.6 Å². The van der Waals surface area contributed by atoms with E-state index in [0.717, 1.165) is 23.6 Å². The maximum Gasteiger partial charge on any atom is 0.325 e. The summed E-state index contributed by atoms with van der Waals surface area (Å²) in [7, 11) is 1.99. The van der Waals surface area contributed by atoms with E-state index in [9.17, 15) is 14.3 Å². The second kappa shape index (κ2) is 11.1. The van der Waals surface area contributed by atoms with Gasteiger partial charge < -0.3 is 24.4 Å². The number of allylic oxidation sites excluding steroid dienone is 4. The van der Waals surface area contributed by atoms with Crippen LogP contribution >= 0.6 is 7.60 Å². The molecule has 0 fully saturated rings. The molecular formula is C31H41N3O5P+. The zero-order chi connectivity index (χ0) is 29.5. The van der Waals surface area contributed by atoms with Crippen molar-refractivity contribution in [2.24, 2.45) is 0 Å². The lowest BCUT2D eigenvalue weighted by molar-refractivity contribution is -0.401. The lowest BCUT2D eigenvalue weighted by Gasteiger charge is -2.24. The number of benzene rings is 2. The minimum Gasteiger partial charge on any atom is -0.382 e.